The summed E-state index contributed by atoms with van der Waals surface area (Å²) in [7, 11) is -3.65. The van der Waals surface area contributed by atoms with Crippen molar-refractivity contribution in [1.29, 1.82) is 0 Å². The molecule has 0 bridgehead atoms. The monoisotopic (exact) mass is 543 g/mol. The van der Waals surface area contributed by atoms with Gasteiger partial charge in [-0.3, -0.25) is 13.5 Å². The highest BCUT2D eigenvalue weighted by atomic mass is 35.5. The van der Waals surface area contributed by atoms with Crippen molar-refractivity contribution in [2.75, 3.05) is 13.2 Å². The average molecular weight is 544 g/mol. The Bertz CT molecular complexity index is 1560. The van der Waals surface area contributed by atoms with E-state index in [9.17, 15) is 13.2 Å². The van der Waals surface area contributed by atoms with Crippen molar-refractivity contribution in [3.05, 3.63) is 86.9 Å². The highest BCUT2D eigenvalue weighted by Crippen LogP contribution is 2.33. The summed E-state index contributed by atoms with van der Waals surface area (Å²) < 4.78 is 31.8. The van der Waals surface area contributed by atoms with E-state index in [0.29, 0.717) is 40.2 Å². The molecule has 36 heavy (non-hydrogen) atoms. The highest BCUT2D eigenvalue weighted by Gasteiger charge is 2.23. The molecule has 0 spiro atoms. The van der Waals surface area contributed by atoms with E-state index in [4.69, 9.17) is 21.5 Å². The maximum atomic E-state index is 13.4. The molecule has 0 saturated heterocycles. The minimum absolute atomic E-state index is 0.00263. The largest absolute Gasteiger partial charge is 0.330 e. The summed E-state index contributed by atoms with van der Waals surface area (Å²) in [5.74, 6) is -0.164. The molecule has 10 heteroatoms. The molecule has 0 fully saturated rings. The molecule has 188 valence electrons. The van der Waals surface area contributed by atoms with E-state index < -0.39 is 10.1 Å². The van der Waals surface area contributed by atoms with Crippen molar-refractivity contribution in [2.24, 2.45) is 5.73 Å². The number of thiophene rings is 1. The molecule has 0 saturated carbocycles. The number of aryl methyl sites for hydroxylation is 1. The first-order valence-corrected chi connectivity index (χ1v) is 14.5. The third kappa shape index (κ3) is 5.40. The second kappa shape index (κ2) is 10.4. The fourth-order valence-corrected chi connectivity index (χ4v) is 6.79. The van der Waals surface area contributed by atoms with Gasteiger partial charge in [0, 0.05) is 15.9 Å². The Morgan fingerprint density at radius 3 is 2.72 bits per heavy atom. The van der Waals surface area contributed by atoms with Crippen molar-refractivity contribution >= 4 is 43.3 Å². The number of hydrogen-bond donors (Lipinski definition) is 1. The molecule has 1 atom stereocenters. The molecule has 2 aromatic carbocycles. The first kappa shape index (κ1) is 25.1. The summed E-state index contributed by atoms with van der Waals surface area (Å²) >= 11 is 7.45. The number of rotatable bonds is 8. The Morgan fingerprint density at radius 1 is 1.14 bits per heavy atom. The van der Waals surface area contributed by atoms with E-state index in [1.807, 2.05) is 48.5 Å². The standard InChI is InChI=1S/C26H26ClN3O4S2/c27-21-7-4-18(5-8-21)24-14-23-25(35-24)26(31)30(16-29-23)22-9-6-19-12-17(2-3-20(19)13-22)15-36(32,33)34-11-1-10-28/h2-5,7-8,12,14,16,22H,1,6,9-11,13,15,28H2/t22-/m0/s1. The molecule has 2 N–H and O–H groups in total. The minimum Gasteiger partial charge on any atom is -0.330 e. The van der Waals surface area contributed by atoms with Crippen LogP contribution in [0, 0.1) is 0 Å². The Morgan fingerprint density at radius 2 is 1.94 bits per heavy atom. The van der Waals surface area contributed by atoms with Crippen LogP contribution in [-0.2, 0) is 32.9 Å². The normalized spacial score (nSPS) is 15.8. The zero-order valence-electron chi connectivity index (χ0n) is 19.5. The van der Waals surface area contributed by atoms with Gasteiger partial charge in [-0.05, 0) is 72.7 Å². The highest BCUT2D eigenvalue weighted by molar-refractivity contribution is 7.85. The van der Waals surface area contributed by atoms with Crippen LogP contribution in [0.1, 0.15) is 35.6 Å². The molecule has 1 aliphatic rings. The van der Waals surface area contributed by atoms with Gasteiger partial charge in [-0.25, -0.2) is 4.98 Å². The molecule has 4 aromatic rings. The van der Waals surface area contributed by atoms with Gasteiger partial charge in [0.1, 0.15) is 10.5 Å². The molecular formula is C26H26ClN3O4S2. The quantitative estimate of drug-likeness (QED) is 0.255. The molecular weight excluding hydrogens is 518 g/mol. The molecule has 2 heterocycles. The van der Waals surface area contributed by atoms with Gasteiger partial charge in [-0.2, -0.15) is 8.42 Å². The lowest BCUT2D eigenvalue weighted by atomic mass is 9.87. The van der Waals surface area contributed by atoms with Gasteiger partial charge in [0.05, 0.1) is 18.5 Å². The first-order chi connectivity index (χ1) is 17.3. The van der Waals surface area contributed by atoms with Crippen molar-refractivity contribution < 1.29 is 12.6 Å². The van der Waals surface area contributed by atoms with Crippen LogP contribution in [-0.4, -0.2) is 31.1 Å². The zero-order valence-corrected chi connectivity index (χ0v) is 21.9. The van der Waals surface area contributed by atoms with Crippen LogP contribution in [0.5, 0.6) is 0 Å². The summed E-state index contributed by atoms with van der Waals surface area (Å²) in [6.45, 7) is 0.487. The van der Waals surface area contributed by atoms with Crippen LogP contribution in [0.3, 0.4) is 0 Å². The topological polar surface area (TPSA) is 104 Å². The maximum absolute atomic E-state index is 13.4. The van der Waals surface area contributed by atoms with Crippen molar-refractivity contribution in [3.63, 3.8) is 0 Å². The van der Waals surface area contributed by atoms with Crippen LogP contribution in [0.4, 0.5) is 0 Å². The van der Waals surface area contributed by atoms with Crippen molar-refractivity contribution in [1.82, 2.24) is 9.55 Å². The molecule has 0 aliphatic heterocycles. The fourth-order valence-electron chi connectivity index (χ4n) is 4.57. The van der Waals surface area contributed by atoms with Gasteiger partial charge >= 0.3 is 0 Å². The van der Waals surface area contributed by atoms with Crippen molar-refractivity contribution in [2.45, 2.75) is 37.5 Å². The number of benzene rings is 2. The fraction of sp³-hybridized carbons (Fsp3) is 0.308. The first-order valence-electron chi connectivity index (χ1n) is 11.8. The van der Waals surface area contributed by atoms with E-state index in [1.54, 1.807) is 10.9 Å². The van der Waals surface area contributed by atoms with E-state index in [1.165, 1.54) is 11.3 Å². The third-order valence-corrected chi connectivity index (χ3v) is 9.04. The lowest BCUT2D eigenvalue weighted by Crippen LogP contribution is -2.28. The van der Waals surface area contributed by atoms with Crippen molar-refractivity contribution in [3.8, 4) is 10.4 Å². The number of halogens is 1. The van der Waals surface area contributed by atoms with Gasteiger partial charge in [0.2, 0.25) is 0 Å². The number of nitrogens with zero attached hydrogens (tertiary/aromatic N) is 2. The smallest absolute Gasteiger partial charge is 0.271 e. The summed E-state index contributed by atoms with van der Waals surface area (Å²) in [6.07, 6.45) is 4.38. The molecule has 5 rings (SSSR count). The van der Waals surface area contributed by atoms with E-state index >= 15 is 0 Å². The molecule has 2 aromatic heterocycles. The Labute approximate surface area is 218 Å². The summed E-state index contributed by atoms with van der Waals surface area (Å²) in [4.78, 5) is 18.9. The van der Waals surface area contributed by atoms with E-state index in [0.717, 1.165) is 34.4 Å². The summed E-state index contributed by atoms with van der Waals surface area (Å²) in [6, 6.07) is 15.2. The lowest BCUT2D eigenvalue weighted by molar-refractivity contribution is 0.314. The summed E-state index contributed by atoms with van der Waals surface area (Å²) in [5, 5.41) is 0.669. The van der Waals surface area contributed by atoms with Crippen LogP contribution in [0.25, 0.3) is 20.7 Å². The molecule has 7 nitrogen and oxygen atoms in total. The van der Waals surface area contributed by atoms with Crippen LogP contribution >= 0.6 is 22.9 Å². The Balaban J connectivity index is 1.35. The Kier molecular flexibility index (Phi) is 7.28. The van der Waals surface area contributed by atoms with E-state index in [2.05, 4.69) is 4.98 Å². The summed E-state index contributed by atoms with van der Waals surface area (Å²) in [5.41, 5.74) is 10.0. The predicted octanol–water partition coefficient (Wildman–Crippen LogP) is 4.70. The second-order valence-electron chi connectivity index (χ2n) is 8.95. The Hall–Kier alpha value is -2.56. The van der Waals surface area contributed by atoms with Crippen LogP contribution < -0.4 is 11.3 Å². The van der Waals surface area contributed by atoms with E-state index in [-0.39, 0.29) is 24.0 Å². The van der Waals surface area contributed by atoms with Gasteiger partial charge in [0.25, 0.3) is 15.7 Å². The molecule has 0 amide bonds. The third-order valence-electron chi connectivity index (χ3n) is 6.41. The average Bonchev–Trinajstić information content (AvgIpc) is 3.30. The number of aromatic nitrogens is 2. The van der Waals surface area contributed by atoms with Gasteiger partial charge in [-0.15, -0.1) is 11.3 Å². The van der Waals surface area contributed by atoms with Gasteiger partial charge in [0.15, 0.2) is 0 Å². The second-order valence-corrected chi connectivity index (χ2v) is 12.1. The predicted molar refractivity (Wildman–Crippen MR) is 144 cm³/mol. The zero-order chi connectivity index (χ0) is 25.3. The van der Waals surface area contributed by atoms with Gasteiger partial charge < -0.3 is 5.73 Å². The minimum atomic E-state index is -3.65. The maximum Gasteiger partial charge on any atom is 0.271 e. The SMILES string of the molecule is NCCCOS(=O)(=O)Cc1ccc2c(c1)CC[C@H](n1cnc3cc(-c4ccc(Cl)cc4)sc3c1=O)C2. The number of hydrogen-bond acceptors (Lipinski definition) is 7. The van der Waals surface area contributed by atoms with Gasteiger partial charge in [-0.1, -0.05) is 41.9 Å². The van der Waals surface area contributed by atoms with Crippen LogP contribution in [0.2, 0.25) is 5.02 Å². The number of fused-ring (bicyclic) bond motifs is 2. The molecule has 1 aliphatic carbocycles. The number of nitrogens with two attached hydrogens (primary N) is 1. The lowest BCUT2D eigenvalue weighted by Gasteiger charge is -2.26. The molecule has 0 radical (unpaired) electrons. The molecule has 0 unspecified atom stereocenters. The van der Waals surface area contributed by atoms with Crippen LogP contribution in [0.15, 0.2) is 59.7 Å².